The summed E-state index contributed by atoms with van der Waals surface area (Å²) in [6, 6.07) is 0. The van der Waals surface area contributed by atoms with Crippen LogP contribution in [0, 0.1) is 34.0 Å². The summed E-state index contributed by atoms with van der Waals surface area (Å²) in [4.78, 5) is 26.4. The molecule has 5 heteroatoms. The smallest absolute Gasteiger partial charge is 0.320 e. The molecule has 25 heavy (non-hydrogen) atoms. The van der Waals surface area contributed by atoms with E-state index >= 15 is 0 Å². The average molecular weight is 344 g/mol. The standard InChI is InChI=1S/C20H24O5/c1-9-7-19-11(5-4-10(9)15(19)21)20-8-23-16-14(20)18(2,3)12(24-16)6-13(20)25-17(19)22/h10-14,16H,1,4-8H2,2-3H3/t10-,11-,12?,13+,14?,16-,19?,20-/m1/s1. The lowest BCUT2D eigenvalue weighted by molar-refractivity contribution is -0.237. The van der Waals surface area contributed by atoms with Crippen molar-refractivity contribution in [2.45, 2.75) is 58.0 Å². The minimum atomic E-state index is -1.01. The molecule has 0 aromatic carbocycles. The van der Waals surface area contributed by atoms with Crippen LogP contribution in [0.15, 0.2) is 12.2 Å². The van der Waals surface area contributed by atoms with Gasteiger partial charge in [0.1, 0.15) is 11.5 Å². The van der Waals surface area contributed by atoms with Crippen LogP contribution in [0.25, 0.3) is 0 Å². The van der Waals surface area contributed by atoms with Crippen molar-refractivity contribution in [1.29, 1.82) is 0 Å². The maximum absolute atomic E-state index is 13.2. The van der Waals surface area contributed by atoms with Gasteiger partial charge in [-0.2, -0.15) is 0 Å². The van der Waals surface area contributed by atoms with Gasteiger partial charge in [-0.15, -0.1) is 0 Å². The van der Waals surface area contributed by atoms with Gasteiger partial charge in [0.15, 0.2) is 12.1 Å². The number of esters is 1. The second-order valence-electron chi connectivity index (χ2n) is 9.70. The monoisotopic (exact) mass is 344 g/mol. The molecule has 2 spiro atoms. The summed E-state index contributed by atoms with van der Waals surface area (Å²) in [7, 11) is 0. The molecule has 3 aliphatic carbocycles. The first-order chi connectivity index (χ1) is 11.8. The van der Waals surface area contributed by atoms with E-state index in [-0.39, 0.29) is 58.8 Å². The summed E-state index contributed by atoms with van der Waals surface area (Å²) in [6.07, 6.45) is 2.52. The van der Waals surface area contributed by atoms with Crippen molar-refractivity contribution >= 4 is 11.8 Å². The molecule has 3 saturated carbocycles. The highest BCUT2D eigenvalue weighted by molar-refractivity contribution is 6.10. The van der Waals surface area contributed by atoms with E-state index in [4.69, 9.17) is 14.2 Å². The van der Waals surface area contributed by atoms with Gasteiger partial charge in [-0.1, -0.05) is 26.0 Å². The summed E-state index contributed by atoms with van der Waals surface area (Å²) in [5, 5.41) is 0. The van der Waals surface area contributed by atoms with Gasteiger partial charge in [-0.25, -0.2) is 0 Å². The molecule has 0 amide bonds. The molecule has 3 aliphatic heterocycles. The molecule has 6 rings (SSSR count). The van der Waals surface area contributed by atoms with Crippen LogP contribution in [0.1, 0.15) is 39.5 Å². The van der Waals surface area contributed by atoms with Gasteiger partial charge in [0.2, 0.25) is 0 Å². The Hall–Kier alpha value is -1.20. The maximum Gasteiger partial charge on any atom is 0.320 e. The van der Waals surface area contributed by atoms with Crippen LogP contribution in [-0.2, 0) is 23.8 Å². The molecular formula is C20H24O5. The van der Waals surface area contributed by atoms with Gasteiger partial charge in [0, 0.05) is 23.7 Å². The van der Waals surface area contributed by atoms with Crippen LogP contribution >= 0.6 is 0 Å². The third-order valence-corrected chi connectivity index (χ3v) is 8.66. The normalized spacial score (nSPS) is 57.3. The van der Waals surface area contributed by atoms with Gasteiger partial charge in [-0.3, -0.25) is 9.59 Å². The van der Waals surface area contributed by atoms with Gasteiger partial charge in [0.25, 0.3) is 0 Å². The van der Waals surface area contributed by atoms with Gasteiger partial charge in [0.05, 0.1) is 12.7 Å². The number of allylic oxidation sites excluding steroid dienone is 1. The van der Waals surface area contributed by atoms with E-state index in [9.17, 15) is 9.59 Å². The molecule has 0 N–H and O–H groups in total. The number of carbonyl (C=O) groups is 2. The molecule has 8 atom stereocenters. The summed E-state index contributed by atoms with van der Waals surface area (Å²) in [5.74, 6) is -0.222. The first kappa shape index (κ1) is 14.9. The minimum absolute atomic E-state index is 0.00817. The molecule has 0 aromatic rings. The van der Waals surface area contributed by atoms with Crippen LogP contribution in [0.2, 0.25) is 0 Å². The first-order valence-corrected chi connectivity index (χ1v) is 9.53. The minimum Gasteiger partial charge on any atom is -0.461 e. The van der Waals surface area contributed by atoms with E-state index in [0.717, 1.165) is 24.8 Å². The lowest BCUT2D eigenvalue weighted by Gasteiger charge is -2.60. The second kappa shape index (κ2) is 4.04. The fourth-order valence-corrected chi connectivity index (χ4v) is 7.68. The fourth-order valence-electron chi connectivity index (χ4n) is 7.68. The largest absolute Gasteiger partial charge is 0.461 e. The second-order valence-corrected chi connectivity index (χ2v) is 9.70. The lowest BCUT2D eigenvalue weighted by Crippen LogP contribution is -2.69. The number of hydrogen-bond acceptors (Lipinski definition) is 5. The number of hydrogen-bond donors (Lipinski definition) is 0. The Labute approximate surface area is 147 Å². The highest BCUT2D eigenvalue weighted by Gasteiger charge is 2.80. The Morgan fingerprint density at radius 2 is 1.96 bits per heavy atom. The van der Waals surface area contributed by atoms with E-state index in [1.54, 1.807) is 0 Å². The van der Waals surface area contributed by atoms with Gasteiger partial charge < -0.3 is 14.2 Å². The van der Waals surface area contributed by atoms with Crippen molar-refractivity contribution in [2.75, 3.05) is 6.61 Å². The van der Waals surface area contributed by atoms with Crippen molar-refractivity contribution in [2.24, 2.45) is 34.0 Å². The molecule has 6 aliphatic rings. The fraction of sp³-hybridized carbons (Fsp3) is 0.800. The van der Waals surface area contributed by atoms with Crippen molar-refractivity contribution in [3.8, 4) is 0 Å². The molecule has 4 bridgehead atoms. The van der Waals surface area contributed by atoms with E-state index in [2.05, 4.69) is 20.4 Å². The van der Waals surface area contributed by atoms with Crippen LogP contribution < -0.4 is 0 Å². The quantitative estimate of drug-likeness (QED) is 0.383. The Morgan fingerprint density at radius 3 is 2.76 bits per heavy atom. The molecular weight excluding hydrogens is 320 g/mol. The zero-order valence-corrected chi connectivity index (χ0v) is 14.7. The molecule has 0 radical (unpaired) electrons. The molecule has 5 nitrogen and oxygen atoms in total. The van der Waals surface area contributed by atoms with Crippen LogP contribution in [-0.4, -0.2) is 36.9 Å². The molecule has 3 heterocycles. The summed E-state index contributed by atoms with van der Waals surface area (Å²) < 4.78 is 18.3. The van der Waals surface area contributed by atoms with Gasteiger partial charge >= 0.3 is 5.97 Å². The molecule has 0 aromatic heterocycles. The van der Waals surface area contributed by atoms with E-state index in [0.29, 0.717) is 13.0 Å². The zero-order chi connectivity index (χ0) is 17.4. The van der Waals surface area contributed by atoms with Crippen LogP contribution in [0.3, 0.4) is 0 Å². The van der Waals surface area contributed by atoms with E-state index < -0.39 is 5.41 Å². The Kier molecular flexibility index (Phi) is 2.41. The summed E-state index contributed by atoms with van der Waals surface area (Å²) in [5.41, 5.74) is -0.413. The first-order valence-electron chi connectivity index (χ1n) is 9.53. The third kappa shape index (κ3) is 1.31. The topological polar surface area (TPSA) is 61.8 Å². The predicted octanol–water partition coefficient (Wildman–Crippen LogP) is 2.24. The third-order valence-electron chi connectivity index (χ3n) is 8.66. The highest BCUT2D eigenvalue weighted by atomic mass is 16.7. The number of fused-ring (bicyclic) bond motifs is 2. The lowest BCUT2D eigenvalue weighted by atomic mass is 9.44. The SMILES string of the molecule is C=C1CC23C(=O)O[C@H]4CC5O[C@H]6OC[C@@]4(C6C5(C)C)[C@@H]2CC[C@H]1C3=O. The predicted molar refractivity (Wildman–Crippen MR) is 86.2 cm³/mol. The van der Waals surface area contributed by atoms with Crippen molar-refractivity contribution in [1.82, 2.24) is 0 Å². The van der Waals surface area contributed by atoms with E-state index in [1.165, 1.54) is 0 Å². The summed E-state index contributed by atoms with van der Waals surface area (Å²) in [6.45, 7) is 9.16. The average Bonchev–Trinajstić information content (AvgIpc) is 3.01. The number of carbonyl (C=O) groups excluding carboxylic acids is 2. The molecule has 3 unspecified atom stereocenters. The molecule has 3 saturated heterocycles. The molecule has 134 valence electrons. The van der Waals surface area contributed by atoms with Crippen molar-refractivity contribution < 1.29 is 23.8 Å². The maximum atomic E-state index is 13.2. The van der Waals surface area contributed by atoms with Crippen LogP contribution in [0.5, 0.6) is 0 Å². The zero-order valence-electron chi connectivity index (χ0n) is 14.7. The van der Waals surface area contributed by atoms with Crippen molar-refractivity contribution in [3.63, 3.8) is 0 Å². The van der Waals surface area contributed by atoms with Gasteiger partial charge in [-0.05, 0) is 30.6 Å². The Bertz CT molecular complexity index is 740. The summed E-state index contributed by atoms with van der Waals surface area (Å²) >= 11 is 0. The Morgan fingerprint density at radius 1 is 1.16 bits per heavy atom. The van der Waals surface area contributed by atoms with E-state index in [1.807, 2.05) is 0 Å². The van der Waals surface area contributed by atoms with Crippen LogP contribution in [0.4, 0.5) is 0 Å². The number of Topliss-reactive ketones (excluding diaryl/α,β-unsaturated/α-hetero) is 1. The highest BCUT2D eigenvalue weighted by Crippen LogP contribution is 2.73. The molecule has 6 fully saturated rings. The number of rotatable bonds is 0. The Balaban J connectivity index is 1.58. The number of ketones is 1. The van der Waals surface area contributed by atoms with Crippen molar-refractivity contribution in [3.05, 3.63) is 12.2 Å². The number of ether oxygens (including phenoxy) is 3.